The summed E-state index contributed by atoms with van der Waals surface area (Å²) in [5.41, 5.74) is 0.407. The molecule has 1 rings (SSSR count). The van der Waals surface area contributed by atoms with Crippen LogP contribution in [-0.2, 0) is 4.74 Å². The molecule has 5 nitrogen and oxygen atoms in total. The number of rotatable bonds is 6. The lowest BCUT2D eigenvalue weighted by molar-refractivity contribution is 0.0519. The van der Waals surface area contributed by atoms with Crippen LogP contribution < -0.4 is 5.32 Å². The number of carbonyl (C=O) groups is 1. The minimum atomic E-state index is -0.756. The van der Waals surface area contributed by atoms with Crippen molar-refractivity contribution in [2.45, 2.75) is 33.8 Å². The normalized spacial score (nSPS) is 12.6. The van der Waals surface area contributed by atoms with E-state index in [-0.39, 0.29) is 5.92 Å². The Morgan fingerprint density at radius 2 is 2.17 bits per heavy atom. The van der Waals surface area contributed by atoms with Gasteiger partial charge in [0.2, 0.25) is 0 Å². The van der Waals surface area contributed by atoms with E-state index in [4.69, 9.17) is 4.74 Å². The number of carbonyl (C=O) groups excluding carboxylic acids is 1. The van der Waals surface area contributed by atoms with Crippen molar-refractivity contribution in [3.05, 3.63) is 10.6 Å². The molecular formula is C12H20N2O3S. The number of ether oxygens (including phenoxy) is 1. The van der Waals surface area contributed by atoms with Crippen molar-refractivity contribution in [3.63, 3.8) is 0 Å². The molecule has 1 heterocycles. The third-order valence-electron chi connectivity index (χ3n) is 2.35. The molecule has 0 aliphatic carbocycles. The van der Waals surface area contributed by atoms with Gasteiger partial charge in [0.25, 0.3) is 0 Å². The highest BCUT2D eigenvalue weighted by Gasteiger charge is 2.26. The van der Waals surface area contributed by atoms with E-state index in [2.05, 4.69) is 10.3 Å². The minimum absolute atomic E-state index is 0.00486. The van der Waals surface area contributed by atoms with E-state index < -0.39 is 12.1 Å². The monoisotopic (exact) mass is 272 g/mol. The quantitative estimate of drug-likeness (QED) is 0.778. The van der Waals surface area contributed by atoms with E-state index in [1.54, 1.807) is 6.92 Å². The molecule has 0 fully saturated rings. The number of thiazole rings is 1. The average Bonchev–Trinajstić information content (AvgIpc) is 2.72. The second-order valence-electron chi connectivity index (χ2n) is 4.17. The Kier molecular flexibility index (Phi) is 5.55. The van der Waals surface area contributed by atoms with E-state index in [0.29, 0.717) is 28.9 Å². The van der Waals surface area contributed by atoms with Crippen molar-refractivity contribution in [1.29, 1.82) is 0 Å². The number of aliphatic hydroxyl groups excluding tert-OH is 1. The van der Waals surface area contributed by atoms with Crippen LogP contribution in [-0.4, -0.2) is 29.2 Å². The first-order chi connectivity index (χ1) is 8.51. The molecule has 102 valence electrons. The fourth-order valence-electron chi connectivity index (χ4n) is 1.42. The van der Waals surface area contributed by atoms with Gasteiger partial charge < -0.3 is 15.2 Å². The number of nitrogens with one attached hydrogen (secondary N) is 1. The molecule has 18 heavy (non-hydrogen) atoms. The first kappa shape index (κ1) is 14.9. The first-order valence-electron chi connectivity index (χ1n) is 6.11. The third kappa shape index (κ3) is 3.43. The number of anilines is 1. The summed E-state index contributed by atoms with van der Waals surface area (Å²) >= 11 is 1.22. The summed E-state index contributed by atoms with van der Waals surface area (Å²) in [5.74, 6) is -0.427. The number of aliphatic hydroxyl groups is 1. The predicted molar refractivity (Wildman–Crippen MR) is 72.0 cm³/mol. The van der Waals surface area contributed by atoms with Gasteiger partial charge in [0.05, 0.1) is 12.3 Å². The maximum atomic E-state index is 11.8. The number of hydrogen-bond donors (Lipinski definition) is 2. The molecule has 1 atom stereocenters. The molecule has 1 unspecified atom stereocenters. The molecule has 0 bridgehead atoms. The molecule has 1 aromatic heterocycles. The highest BCUT2D eigenvalue weighted by molar-refractivity contribution is 7.17. The van der Waals surface area contributed by atoms with Crippen LogP contribution >= 0.6 is 11.3 Å². The number of aromatic nitrogens is 1. The van der Waals surface area contributed by atoms with Crippen LogP contribution in [0.15, 0.2) is 0 Å². The van der Waals surface area contributed by atoms with Crippen LogP contribution in [0.2, 0.25) is 0 Å². The summed E-state index contributed by atoms with van der Waals surface area (Å²) in [4.78, 5) is 16.5. The van der Waals surface area contributed by atoms with Gasteiger partial charge in [-0.15, -0.1) is 0 Å². The van der Waals surface area contributed by atoms with E-state index in [1.165, 1.54) is 11.3 Å². The van der Waals surface area contributed by atoms with Gasteiger partial charge in [0, 0.05) is 6.54 Å². The lowest BCUT2D eigenvalue weighted by Crippen LogP contribution is -2.12. The van der Waals surface area contributed by atoms with Gasteiger partial charge in [-0.3, -0.25) is 0 Å². The van der Waals surface area contributed by atoms with Crippen molar-refractivity contribution < 1.29 is 14.6 Å². The first-order valence-corrected chi connectivity index (χ1v) is 6.92. The molecular weight excluding hydrogens is 252 g/mol. The zero-order valence-electron chi connectivity index (χ0n) is 11.2. The van der Waals surface area contributed by atoms with E-state index in [9.17, 15) is 9.90 Å². The van der Waals surface area contributed by atoms with Crippen LogP contribution in [0.5, 0.6) is 0 Å². The summed E-state index contributed by atoms with van der Waals surface area (Å²) in [6, 6.07) is 0. The second-order valence-corrected chi connectivity index (χ2v) is 5.17. The molecule has 0 amide bonds. The summed E-state index contributed by atoms with van der Waals surface area (Å²) in [6.45, 7) is 8.49. The Morgan fingerprint density at radius 1 is 1.50 bits per heavy atom. The molecule has 0 aromatic carbocycles. The largest absolute Gasteiger partial charge is 0.462 e. The van der Waals surface area contributed by atoms with Gasteiger partial charge in [-0.05, 0) is 19.8 Å². The van der Waals surface area contributed by atoms with Crippen LogP contribution in [0, 0.1) is 5.92 Å². The standard InChI is InChI=1S/C12H20N2O3S/c1-5-13-12-14-8(9(15)7(3)4)10(18-12)11(16)17-6-2/h7,9,15H,5-6H2,1-4H3,(H,13,14). The lowest BCUT2D eigenvalue weighted by atomic mass is 10.0. The lowest BCUT2D eigenvalue weighted by Gasteiger charge is -2.13. The summed E-state index contributed by atoms with van der Waals surface area (Å²) < 4.78 is 4.98. The molecule has 0 aliphatic heterocycles. The summed E-state index contributed by atoms with van der Waals surface area (Å²) in [6.07, 6.45) is -0.756. The number of nitrogens with zero attached hydrogens (tertiary/aromatic N) is 1. The topological polar surface area (TPSA) is 71.5 Å². The van der Waals surface area contributed by atoms with Gasteiger partial charge in [-0.1, -0.05) is 25.2 Å². The van der Waals surface area contributed by atoms with Crippen LogP contribution in [0.3, 0.4) is 0 Å². The predicted octanol–water partition coefficient (Wildman–Crippen LogP) is 2.44. The molecule has 0 radical (unpaired) electrons. The van der Waals surface area contributed by atoms with Gasteiger partial charge in [0.1, 0.15) is 11.0 Å². The fourth-order valence-corrected chi connectivity index (χ4v) is 2.38. The van der Waals surface area contributed by atoms with Crippen molar-refractivity contribution in [3.8, 4) is 0 Å². The number of hydrogen-bond acceptors (Lipinski definition) is 6. The molecule has 0 saturated carbocycles. The molecule has 0 aliphatic rings. The maximum Gasteiger partial charge on any atom is 0.350 e. The minimum Gasteiger partial charge on any atom is -0.462 e. The fraction of sp³-hybridized carbons (Fsp3) is 0.667. The summed E-state index contributed by atoms with van der Waals surface area (Å²) in [7, 11) is 0. The van der Waals surface area contributed by atoms with Gasteiger partial charge in [-0.2, -0.15) is 0 Å². The average molecular weight is 272 g/mol. The van der Waals surface area contributed by atoms with Crippen LogP contribution in [0.4, 0.5) is 5.13 Å². The van der Waals surface area contributed by atoms with Crippen molar-refractivity contribution in [1.82, 2.24) is 4.98 Å². The Hall–Kier alpha value is -1.14. The SMILES string of the molecule is CCNc1nc(C(O)C(C)C)c(C(=O)OCC)s1. The van der Waals surface area contributed by atoms with Crippen LogP contribution in [0.1, 0.15) is 49.2 Å². The van der Waals surface area contributed by atoms with E-state index in [1.807, 2.05) is 20.8 Å². The van der Waals surface area contributed by atoms with Gasteiger partial charge >= 0.3 is 5.97 Å². The highest BCUT2D eigenvalue weighted by Crippen LogP contribution is 2.31. The highest BCUT2D eigenvalue weighted by atomic mass is 32.1. The van der Waals surface area contributed by atoms with Crippen molar-refractivity contribution >= 4 is 22.4 Å². The van der Waals surface area contributed by atoms with E-state index in [0.717, 1.165) is 0 Å². The van der Waals surface area contributed by atoms with Crippen molar-refractivity contribution in [2.75, 3.05) is 18.5 Å². The van der Waals surface area contributed by atoms with Crippen LogP contribution in [0.25, 0.3) is 0 Å². The Morgan fingerprint density at radius 3 is 2.67 bits per heavy atom. The number of esters is 1. The zero-order valence-corrected chi connectivity index (χ0v) is 12.0. The second kappa shape index (κ2) is 6.70. The molecule has 1 aromatic rings. The van der Waals surface area contributed by atoms with Gasteiger partial charge in [-0.25, -0.2) is 9.78 Å². The molecule has 6 heteroatoms. The third-order valence-corrected chi connectivity index (χ3v) is 3.36. The Balaban J connectivity index is 3.08. The maximum absolute atomic E-state index is 11.8. The summed E-state index contributed by atoms with van der Waals surface area (Å²) in [5, 5.41) is 13.8. The van der Waals surface area contributed by atoms with Gasteiger partial charge in [0.15, 0.2) is 5.13 Å². The van der Waals surface area contributed by atoms with E-state index >= 15 is 0 Å². The molecule has 0 saturated heterocycles. The Labute approximate surface area is 111 Å². The van der Waals surface area contributed by atoms with Crippen molar-refractivity contribution in [2.24, 2.45) is 5.92 Å². The smallest absolute Gasteiger partial charge is 0.350 e. The molecule has 0 spiro atoms. The molecule has 2 N–H and O–H groups in total. The zero-order chi connectivity index (χ0) is 13.7. The Bertz CT molecular complexity index is 404.